The fourth-order valence-corrected chi connectivity index (χ4v) is 3.42. The van der Waals surface area contributed by atoms with Gasteiger partial charge in [0.25, 0.3) is 0 Å². The van der Waals surface area contributed by atoms with Gasteiger partial charge in [-0.15, -0.1) is 0 Å². The highest BCUT2D eigenvalue weighted by Crippen LogP contribution is 2.19. The highest BCUT2D eigenvalue weighted by Gasteiger charge is 2.19. The maximum atomic E-state index is 5.45. The molecule has 1 aromatic rings. The average molecular weight is 363 g/mol. The molecule has 1 aliphatic heterocycles. The Balaban J connectivity index is 1.79. The summed E-state index contributed by atoms with van der Waals surface area (Å²) < 4.78 is 10.6. The van der Waals surface area contributed by atoms with E-state index in [-0.39, 0.29) is 0 Å². The molecule has 1 heterocycles. The third-order valence-electron chi connectivity index (χ3n) is 5.04. The molecule has 0 bridgehead atoms. The minimum atomic E-state index is 0.699. The first-order chi connectivity index (χ1) is 12.7. The summed E-state index contributed by atoms with van der Waals surface area (Å²) >= 11 is 0. The molecular weight excluding hydrogens is 328 g/mol. The predicted molar refractivity (Wildman–Crippen MR) is 107 cm³/mol. The first-order valence-corrected chi connectivity index (χ1v) is 9.43. The first-order valence-electron chi connectivity index (χ1n) is 9.43. The van der Waals surface area contributed by atoms with Gasteiger partial charge in [-0.05, 0) is 37.9 Å². The van der Waals surface area contributed by atoms with Crippen molar-refractivity contribution in [1.82, 2.24) is 15.1 Å². The van der Waals surface area contributed by atoms with E-state index < -0.39 is 0 Å². The summed E-state index contributed by atoms with van der Waals surface area (Å²) in [6, 6.07) is 8.13. The van der Waals surface area contributed by atoms with Gasteiger partial charge in [-0.2, -0.15) is 0 Å². The van der Waals surface area contributed by atoms with Crippen LogP contribution in [0.15, 0.2) is 29.3 Å². The molecule has 0 saturated carbocycles. The van der Waals surface area contributed by atoms with Crippen molar-refractivity contribution in [3.63, 3.8) is 0 Å². The topological polar surface area (TPSA) is 49.3 Å². The van der Waals surface area contributed by atoms with E-state index in [4.69, 9.17) is 9.47 Å². The summed E-state index contributed by atoms with van der Waals surface area (Å²) in [6.07, 6.45) is 2.45. The Morgan fingerprint density at radius 1 is 1.27 bits per heavy atom. The molecule has 2 rings (SSSR count). The van der Waals surface area contributed by atoms with Gasteiger partial charge in [0.1, 0.15) is 5.75 Å². The largest absolute Gasteiger partial charge is 0.496 e. The Labute approximate surface area is 158 Å². The first kappa shape index (κ1) is 20.5. The van der Waals surface area contributed by atoms with E-state index >= 15 is 0 Å². The smallest absolute Gasteiger partial charge is 0.193 e. The van der Waals surface area contributed by atoms with Crippen LogP contribution < -0.4 is 10.1 Å². The third kappa shape index (κ3) is 6.18. The van der Waals surface area contributed by atoms with E-state index in [2.05, 4.69) is 33.2 Å². The van der Waals surface area contributed by atoms with Gasteiger partial charge in [0.2, 0.25) is 0 Å². The van der Waals surface area contributed by atoms with Gasteiger partial charge >= 0.3 is 0 Å². The van der Waals surface area contributed by atoms with Gasteiger partial charge in [-0.3, -0.25) is 4.99 Å². The highest BCUT2D eigenvalue weighted by atomic mass is 16.5. The number of benzene rings is 1. The highest BCUT2D eigenvalue weighted by molar-refractivity contribution is 5.79. The number of hydrogen-bond donors (Lipinski definition) is 1. The number of para-hydroxylation sites is 1. The molecule has 0 unspecified atom stereocenters. The van der Waals surface area contributed by atoms with Gasteiger partial charge in [0, 0.05) is 46.4 Å². The molecule has 0 radical (unpaired) electrons. The molecule has 6 nitrogen and oxygen atoms in total. The maximum absolute atomic E-state index is 5.45. The zero-order valence-electron chi connectivity index (χ0n) is 16.7. The summed E-state index contributed by atoms with van der Waals surface area (Å²) in [5.74, 6) is 2.54. The molecule has 1 fully saturated rings. The average Bonchev–Trinajstić information content (AvgIpc) is 2.68. The van der Waals surface area contributed by atoms with Crippen LogP contribution in [0.2, 0.25) is 0 Å². The van der Waals surface area contributed by atoms with Crippen LogP contribution in [0.25, 0.3) is 0 Å². The van der Waals surface area contributed by atoms with Gasteiger partial charge in [0.15, 0.2) is 5.96 Å². The molecular formula is C20H34N4O2. The van der Waals surface area contributed by atoms with Crippen LogP contribution in [0.4, 0.5) is 0 Å². The molecule has 146 valence electrons. The van der Waals surface area contributed by atoms with Crippen molar-refractivity contribution >= 4 is 5.96 Å². The number of methoxy groups -OCH3 is 2. The van der Waals surface area contributed by atoms with Crippen LogP contribution in [0.1, 0.15) is 18.4 Å². The molecule has 0 atom stereocenters. The van der Waals surface area contributed by atoms with Crippen molar-refractivity contribution in [3.05, 3.63) is 29.8 Å². The number of likely N-dealkylation sites (tertiary alicyclic amines) is 1. The molecule has 0 aromatic heterocycles. The van der Waals surface area contributed by atoms with Crippen molar-refractivity contribution in [2.75, 3.05) is 61.1 Å². The lowest BCUT2D eigenvalue weighted by molar-refractivity contribution is 0.120. The maximum Gasteiger partial charge on any atom is 0.193 e. The fraction of sp³-hybridized carbons (Fsp3) is 0.650. The van der Waals surface area contributed by atoms with E-state index in [0.29, 0.717) is 5.92 Å². The number of piperidine rings is 1. The SMILES string of the molecule is CN=C(NCC1CCN(CCOC)CC1)N(C)Cc1ccccc1OC. The van der Waals surface area contributed by atoms with Gasteiger partial charge < -0.3 is 24.6 Å². The second-order valence-corrected chi connectivity index (χ2v) is 6.87. The number of nitrogens with zero attached hydrogens (tertiary/aromatic N) is 3. The number of aliphatic imine (C=N–C) groups is 1. The van der Waals surface area contributed by atoms with E-state index in [1.807, 2.05) is 25.2 Å². The van der Waals surface area contributed by atoms with Crippen molar-refractivity contribution in [3.8, 4) is 5.75 Å². The molecule has 26 heavy (non-hydrogen) atoms. The number of rotatable bonds is 8. The lowest BCUT2D eigenvalue weighted by atomic mass is 9.97. The Hall–Kier alpha value is -1.79. The molecule has 1 saturated heterocycles. The van der Waals surface area contributed by atoms with Crippen LogP contribution >= 0.6 is 0 Å². The van der Waals surface area contributed by atoms with E-state index in [1.165, 1.54) is 12.8 Å². The van der Waals surface area contributed by atoms with Gasteiger partial charge in [-0.1, -0.05) is 18.2 Å². The Morgan fingerprint density at radius 3 is 2.65 bits per heavy atom. The van der Waals surface area contributed by atoms with Crippen molar-refractivity contribution in [2.45, 2.75) is 19.4 Å². The minimum absolute atomic E-state index is 0.699. The zero-order chi connectivity index (χ0) is 18.8. The number of nitrogens with one attached hydrogen (secondary N) is 1. The van der Waals surface area contributed by atoms with Crippen LogP contribution in [-0.4, -0.2) is 76.9 Å². The van der Waals surface area contributed by atoms with Crippen molar-refractivity contribution in [2.24, 2.45) is 10.9 Å². The molecule has 6 heteroatoms. The zero-order valence-corrected chi connectivity index (χ0v) is 16.7. The lowest BCUT2D eigenvalue weighted by Gasteiger charge is -2.32. The fourth-order valence-electron chi connectivity index (χ4n) is 3.42. The van der Waals surface area contributed by atoms with Crippen LogP contribution in [-0.2, 0) is 11.3 Å². The molecule has 0 aliphatic carbocycles. The number of hydrogen-bond acceptors (Lipinski definition) is 4. The normalized spacial score (nSPS) is 16.5. The summed E-state index contributed by atoms with van der Waals surface area (Å²) in [6.45, 7) is 5.92. The third-order valence-corrected chi connectivity index (χ3v) is 5.04. The summed E-state index contributed by atoms with van der Waals surface area (Å²) in [7, 11) is 7.39. The monoisotopic (exact) mass is 362 g/mol. The molecule has 0 amide bonds. The second kappa shape index (κ2) is 11.0. The Bertz CT molecular complexity index is 556. The van der Waals surface area contributed by atoms with Crippen LogP contribution in [0, 0.1) is 5.92 Å². The van der Waals surface area contributed by atoms with Crippen LogP contribution in [0.3, 0.4) is 0 Å². The van der Waals surface area contributed by atoms with E-state index in [0.717, 1.165) is 56.6 Å². The summed E-state index contributed by atoms with van der Waals surface area (Å²) in [5.41, 5.74) is 1.16. The molecule has 1 aliphatic rings. The quantitative estimate of drug-likeness (QED) is 0.567. The standard InChI is InChI=1S/C20H34N4O2/c1-21-20(23(2)16-18-7-5-6-8-19(18)26-4)22-15-17-9-11-24(12-10-17)13-14-25-3/h5-8,17H,9-16H2,1-4H3,(H,21,22). The van der Waals surface area contributed by atoms with Crippen molar-refractivity contribution < 1.29 is 9.47 Å². The Kier molecular flexibility index (Phi) is 8.71. The van der Waals surface area contributed by atoms with E-state index in [1.54, 1.807) is 14.2 Å². The molecule has 1 N–H and O–H groups in total. The molecule has 1 aromatic carbocycles. The molecule has 0 spiro atoms. The second-order valence-electron chi connectivity index (χ2n) is 6.87. The predicted octanol–water partition coefficient (Wildman–Crippen LogP) is 2.06. The number of guanidine groups is 1. The van der Waals surface area contributed by atoms with Crippen LogP contribution in [0.5, 0.6) is 5.75 Å². The number of ether oxygens (including phenoxy) is 2. The van der Waals surface area contributed by atoms with E-state index in [9.17, 15) is 0 Å². The Morgan fingerprint density at radius 2 is 2.00 bits per heavy atom. The lowest BCUT2D eigenvalue weighted by Crippen LogP contribution is -2.43. The summed E-state index contributed by atoms with van der Waals surface area (Å²) in [4.78, 5) is 9.08. The van der Waals surface area contributed by atoms with Gasteiger partial charge in [-0.25, -0.2) is 0 Å². The van der Waals surface area contributed by atoms with Crippen molar-refractivity contribution in [1.29, 1.82) is 0 Å². The summed E-state index contributed by atoms with van der Waals surface area (Å²) in [5, 5.41) is 3.55. The minimum Gasteiger partial charge on any atom is -0.496 e. The van der Waals surface area contributed by atoms with Gasteiger partial charge in [0.05, 0.1) is 13.7 Å².